The number of nitrogens with one attached hydrogen (secondary N) is 2. The van der Waals surface area contributed by atoms with Crippen LogP contribution < -0.4 is 10.0 Å². The molecule has 2 aromatic carbocycles. The van der Waals surface area contributed by atoms with E-state index in [9.17, 15) is 17.6 Å². The van der Waals surface area contributed by atoms with Crippen molar-refractivity contribution in [2.75, 3.05) is 4.72 Å². The van der Waals surface area contributed by atoms with Crippen LogP contribution in [0.25, 0.3) is 0 Å². The maximum Gasteiger partial charge on any atom is 0.261 e. The molecule has 0 unspecified atom stereocenters. The molecule has 1 atom stereocenters. The maximum absolute atomic E-state index is 13.0. The maximum atomic E-state index is 13.0. The molecule has 0 saturated heterocycles. The van der Waals surface area contributed by atoms with Crippen LogP contribution in [-0.4, -0.2) is 20.4 Å². The van der Waals surface area contributed by atoms with Gasteiger partial charge in [-0.05, 0) is 49.7 Å². The molecular formula is C17H19FN2O3S. The number of amides is 1. The Kier molecular flexibility index (Phi) is 5.56. The van der Waals surface area contributed by atoms with Gasteiger partial charge in [0.1, 0.15) is 5.82 Å². The van der Waals surface area contributed by atoms with Gasteiger partial charge in [0.25, 0.3) is 15.9 Å². The van der Waals surface area contributed by atoms with Gasteiger partial charge < -0.3 is 5.32 Å². The minimum atomic E-state index is -3.92. The van der Waals surface area contributed by atoms with Crippen molar-refractivity contribution >= 4 is 21.6 Å². The van der Waals surface area contributed by atoms with E-state index in [2.05, 4.69) is 10.0 Å². The SMILES string of the molecule is CC[C@@H](C)NC(=O)c1ccccc1NS(=O)(=O)c1ccc(F)cc1. The molecule has 1 amide bonds. The molecule has 0 fully saturated rings. The minimum absolute atomic E-state index is 0.0285. The second kappa shape index (κ2) is 7.44. The van der Waals surface area contributed by atoms with Crippen LogP contribution in [0.4, 0.5) is 10.1 Å². The lowest BCUT2D eigenvalue weighted by molar-refractivity contribution is 0.0940. The molecule has 0 aliphatic carbocycles. The predicted molar refractivity (Wildman–Crippen MR) is 90.9 cm³/mol. The first-order valence-electron chi connectivity index (χ1n) is 7.51. The molecular weight excluding hydrogens is 331 g/mol. The summed E-state index contributed by atoms with van der Waals surface area (Å²) in [4.78, 5) is 12.2. The summed E-state index contributed by atoms with van der Waals surface area (Å²) in [5.74, 6) is -0.885. The Hall–Kier alpha value is -2.41. The Bertz CT molecular complexity index is 820. The van der Waals surface area contributed by atoms with Crippen LogP contribution in [0.2, 0.25) is 0 Å². The second-order valence-corrected chi connectivity index (χ2v) is 7.07. The first-order chi connectivity index (χ1) is 11.3. The topological polar surface area (TPSA) is 75.3 Å². The number of para-hydroxylation sites is 1. The summed E-state index contributed by atoms with van der Waals surface area (Å²) in [6.45, 7) is 3.80. The Morgan fingerprint density at radius 1 is 1.12 bits per heavy atom. The lowest BCUT2D eigenvalue weighted by atomic mass is 10.1. The summed E-state index contributed by atoms with van der Waals surface area (Å²) in [6, 6.07) is 10.8. The molecule has 24 heavy (non-hydrogen) atoms. The fourth-order valence-corrected chi connectivity index (χ4v) is 3.07. The van der Waals surface area contributed by atoms with Crippen LogP contribution in [0.5, 0.6) is 0 Å². The smallest absolute Gasteiger partial charge is 0.261 e. The van der Waals surface area contributed by atoms with Crippen molar-refractivity contribution in [3.63, 3.8) is 0 Å². The molecule has 0 aliphatic rings. The molecule has 5 nitrogen and oxygen atoms in total. The molecule has 2 N–H and O–H groups in total. The second-order valence-electron chi connectivity index (χ2n) is 5.39. The van der Waals surface area contributed by atoms with Gasteiger partial charge in [-0.25, -0.2) is 12.8 Å². The summed E-state index contributed by atoms with van der Waals surface area (Å²) in [6.07, 6.45) is 0.759. The highest BCUT2D eigenvalue weighted by molar-refractivity contribution is 7.92. The van der Waals surface area contributed by atoms with Crippen molar-refractivity contribution in [1.29, 1.82) is 0 Å². The minimum Gasteiger partial charge on any atom is -0.350 e. The number of carbonyl (C=O) groups excluding carboxylic acids is 1. The highest BCUT2D eigenvalue weighted by atomic mass is 32.2. The van der Waals surface area contributed by atoms with E-state index < -0.39 is 15.8 Å². The van der Waals surface area contributed by atoms with Crippen LogP contribution >= 0.6 is 0 Å². The molecule has 0 aliphatic heterocycles. The number of carbonyl (C=O) groups is 1. The van der Waals surface area contributed by atoms with Crippen molar-refractivity contribution in [3.8, 4) is 0 Å². The monoisotopic (exact) mass is 350 g/mol. The van der Waals surface area contributed by atoms with E-state index in [0.29, 0.717) is 0 Å². The zero-order chi connectivity index (χ0) is 17.7. The molecule has 0 spiro atoms. The van der Waals surface area contributed by atoms with Gasteiger partial charge in [-0.3, -0.25) is 9.52 Å². The largest absolute Gasteiger partial charge is 0.350 e. The van der Waals surface area contributed by atoms with Crippen molar-refractivity contribution in [3.05, 3.63) is 59.9 Å². The third-order valence-corrected chi connectivity index (χ3v) is 4.91. The number of hydrogen-bond donors (Lipinski definition) is 2. The Morgan fingerprint density at radius 3 is 2.38 bits per heavy atom. The number of hydrogen-bond acceptors (Lipinski definition) is 3. The molecule has 0 heterocycles. The zero-order valence-electron chi connectivity index (χ0n) is 13.4. The lowest BCUT2D eigenvalue weighted by Crippen LogP contribution is -2.32. The number of halogens is 1. The van der Waals surface area contributed by atoms with Crippen LogP contribution in [0.3, 0.4) is 0 Å². The number of sulfonamides is 1. The van der Waals surface area contributed by atoms with Crippen LogP contribution in [0.15, 0.2) is 53.4 Å². The van der Waals surface area contributed by atoms with Gasteiger partial charge >= 0.3 is 0 Å². The average Bonchev–Trinajstić information content (AvgIpc) is 2.55. The summed E-state index contributed by atoms with van der Waals surface area (Å²) in [7, 11) is -3.92. The first-order valence-corrected chi connectivity index (χ1v) is 9.00. The van der Waals surface area contributed by atoms with E-state index in [4.69, 9.17) is 0 Å². The summed E-state index contributed by atoms with van der Waals surface area (Å²) < 4.78 is 40.1. The van der Waals surface area contributed by atoms with Gasteiger partial charge in [0, 0.05) is 6.04 Å². The van der Waals surface area contributed by atoms with Gasteiger partial charge in [-0.1, -0.05) is 19.1 Å². The molecule has 2 rings (SSSR count). The Morgan fingerprint density at radius 2 is 1.75 bits per heavy atom. The molecule has 7 heteroatoms. The van der Waals surface area contributed by atoms with E-state index in [1.165, 1.54) is 18.2 Å². The molecule has 0 aromatic heterocycles. The van der Waals surface area contributed by atoms with Crippen molar-refractivity contribution in [2.24, 2.45) is 0 Å². The van der Waals surface area contributed by atoms with E-state index in [1.807, 2.05) is 13.8 Å². The van der Waals surface area contributed by atoms with Gasteiger partial charge in [-0.15, -0.1) is 0 Å². The molecule has 0 saturated carbocycles. The van der Waals surface area contributed by atoms with Crippen molar-refractivity contribution in [1.82, 2.24) is 5.32 Å². The summed E-state index contributed by atoms with van der Waals surface area (Å²) in [5.41, 5.74) is 0.395. The van der Waals surface area contributed by atoms with Crippen molar-refractivity contribution in [2.45, 2.75) is 31.2 Å². The Balaban J connectivity index is 2.30. The normalized spacial score (nSPS) is 12.5. The van der Waals surface area contributed by atoms with Gasteiger partial charge in [-0.2, -0.15) is 0 Å². The van der Waals surface area contributed by atoms with Crippen LogP contribution in [0.1, 0.15) is 30.6 Å². The molecule has 0 radical (unpaired) electrons. The average molecular weight is 350 g/mol. The quantitative estimate of drug-likeness (QED) is 0.840. The summed E-state index contributed by atoms with van der Waals surface area (Å²) in [5, 5.41) is 2.80. The van der Waals surface area contributed by atoms with Crippen molar-refractivity contribution < 1.29 is 17.6 Å². The fraction of sp³-hybridized carbons (Fsp3) is 0.235. The van der Waals surface area contributed by atoms with Gasteiger partial charge in [0.2, 0.25) is 0 Å². The predicted octanol–water partition coefficient (Wildman–Crippen LogP) is 3.15. The van der Waals surface area contributed by atoms with E-state index in [-0.39, 0.29) is 28.1 Å². The van der Waals surface area contributed by atoms with Gasteiger partial charge in [0.15, 0.2) is 0 Å². The van der Waals surface area contributed by atoms with E-state index in [0.717, 1.165) is 18.6 Å². The first kappa shape index (κ1) is 17.9. The number of benzene rings is 2. The number of rotatable bonds is 6. The zero-order valence-corrected chi connectivity index (χ0v) is 14.2. The number of anilines is 1. The lowest BCUT2D eigenvalue weighted by Gasteiger charge is -2.15. The van der Waals surface area contributed by atoms with Gasteiger partial charge in [0.05, 0.1) is 16.1 Å². The molecule has 0 bridgehead atoms. The highest BCUT2D eigenvalue weighted by Gasteiger charge is 2.19. The molecule has 128 valence electrons. The Labute approximate surface area is 141 Å². The van der Waals surface area contributed by atoms with Crippen LogP contribution in [0, 0.1) is 5.82 Å². The summed E-state index contributed by atoms with van der Waals surface area (Å²) >= 11 is 0. The third-order valence-electron chi connectivity index (χ3n) is 3.53. The van der Waals surface area contributed by atoms with Crippen LogP contribution in [-0.2, 0) is 10.0 Å². The fourth-order valence-electron chi connectivity index (χ4n) is 1.99. The third kappa shape index (κ3) is 4.32. The van der Waals surface area contributed by atoms with E-state index >= 15 is 0 Å². The van der Waals surface area contributed by atoms with E-state index in [1.54, 1.807) is 18.2 Å². The highest BCUT2D eigenvalue weighted by Crippen LogP contribution is 2.20. The molecule has 2 aromatic rings. The standard InChI is InChI=1S/C17H19FN2O3S/c1-3-12(2)19-17(21)15-6-4-5-7-16(15)20-24(22,23)14-10-8-13(18)9-11-14/h4-12,20H,3H2,1-2H3,(H,19,21)/t12-/m1/s1.